The van der Waals surface area contributed by atoms with Gasteiger partial charge in [-0.2, -0.15) is 10.5 Å². The third-order valence-electron chi connectivity index (χ3n) is 2.89. The lowest BCUT2D eigenvalue weighted by molar-refractivity contribution is 0.652. The predicted octanol–water partition coefficient (Wildman–Crippen LogP) is 3.84. The van der Waals surface area contributed by atoms with Gasteiger partial charge in [-0.25, -0.2) is 13.1 Å². The molecule has 1 aliphatic rings. The van der Waals surface area contributed by atoms with Crippen molar-refractivity contribution in [2.75, 3.05) is 0 Å². The average Bonchev–Trinajstić information content (AvgIpc) is 2.97. The normalized spacial score (nSPS) is 14.4. The quantitative estimate of drug-likeness (QED) is 0.572. The topological polar surface area (TPSA) is 56.3 Å². The molecule has 0 atom stereocenters. The molecule has 0 aliphatic heterocycles. The van der Waals surface area contributed by atoms with Gasteiger partial charge in [0, 0.05) is 0 Å². The number of rotatable bonds is 4. The number of hydrogen-bond donors (Lipinski definition) is 0. The van der Waals surface area contributed by atoms with Crippen LogP contribution < -0.4 is 0 Å². The molecule has 0 fully saturated rings. The SMILES string of the molecule is [C-]#[N+]C(C#N)(CC=C)CC=C.[C-]#[N+]C1(C#N)CC=CC1. The van der Waals surface area contributed by atoms with Crippen LogP contribution in [0.15, 0.2) is 37.5 Å². The van der Waals surface area contributed by atoms with Gasteiger partial charge in [0.1, 0.15) is 0 Å². The van der Waals surface area contributed by atoms with E-state index in [1.54, 1.807) is 12.2 Å². The average molecular weight is 264 g/mol. The molecule has 0 radical (unpaired) electrons. The molecule has 0 amide bonds. The molecule has 0 saturated heterocycles. The fourth-order valence-corrected chi connectivity index (χ4v) is 1.62. The standard InChI is InChI=1S/C9H10N2.C7H6N2/c1-4-6-9(8-10,11-3)7-5-2;1-9-7(6-8)4-2-3-5-7/h4-5H,1-2,6-7H2;2-3H,4-5H2. The van der Waals surface area contributed by atoms with Crippen molar-refractivity contribution in [2.24, 2.45) is 0 Å². The van der Waals surface area contributed by atoms with E-state index in [1.807, 2.05) is 24.3 Å². The Bertz CT molecular complexity index is 493. The molecule has 0 heterocycles. The molecule has 4 nitrogen and oxygen atoms in total. The maximum absolute atomic E-state index is 8.68. The number of hydrogen-bond acceptors (Lipinski definition) is 2. The second-order valence-corrected chi connectivity index (χ2v) is 4.38. The maximum Gasteiger partial charge on any atom is 0.322 e. The molecule has 100 valence electrons. The minimum Gasteiger partial charge on any atom is -0.293 e. The minimum atomic E-state index is -0.955. The monoisotopic (exact) mass is 264 g/mol. The van der Waals surface area contributed by atoms with E-state index in [-0.39, 0.29) is 0 Å². The Balaban J connectivity index is 0.000000367. The van der Waals surface area contributed by atoms with Crippen molar-refractivity contribution in [3.8, 4) is 12.1 Å². The lowest BCUT2D eigenvalue weighted by atomic mass is 9.94. The molecule has 0 aromatic carbocycles. The fraction of sp³-hybridized carbons (Fsp3) is 0.375. The highest BCUT2D eigenvalue weighted by atomic mass is 14.8. The van der Waals surface area contributed by atoms with Crippen molar-refractivity contribution in [3.05, 3.63) is 60.3 Å². The smallest absolute Gasteiger partial charge is 0.293 e. The second-order valence-electron chi connectivity index (χ2n) is 4.38. The first-order valence-corrected chi connectivity index (χ1v) is 6.04. The van der Waals surface area contributed by atoms with Crippen LogP contribution in [0, 0.1) is 35.8 Å². The zero-order valence-electron chi connectivity index (χ0n) is 11.3. The summed E-state index contributed by atoms with van der Waals surface area (Å²) in [5, 5.41) is 17.2. The Labute approximate surface area is 120 Å². The summed E-state index contributed by atoms with van der Waals surface area (Å²) in [7, 11) is 0. The summed E-state index contributed by atoms with van der Waals surface area (Å²) in [4.78, 5) is 6.53. The summed E-state index contributed by atoms with van der Waals surface area (Å²) < 4.78 is 0. The Hall–Kier alpha value is -2.82. The summed E-state index contributed by atoms with van der Waals surface area (Å²) in [6, 6.07) is 3.98. The van der Waals surface area contributed by atoms with Gasteiger partial charge in [0.05, 0.1) is 25.7 Å². The van der Waals surface area contributed by atoms with Crippen LogP contribution in [-0.4, -0.2) is 11.1 Å². The van der Waals surface area contributed by atoms with E-state index in [1.165, 1.54) is 0 Å². The van der Waals surface area contributed by atoms with Gasteiger partial charge in [0.15, 0.2) is 12.1 Å². The van der Waals surface area contributed by atoms with E-state index in [0.717, 1.165) is 0 Å². The largest absolute Gasteiger partial charge is 0.322 e. The van der Waals surface area contributed by atoms with Gasteiger partial charge in [-0.1, -0.05) is 24.3 Å². The molecule has 0 unspecified atom stereocenters. The van der Waals surface area contributed by atoms with Crippen LogP contribution >= 0.6 is 0 Å². The predicted molar refractivity (Wildman–Crippen MR) is 77.9 cm³/mol. The zero-order chi connectivity index (χ0) is 15.5. The van der Waals surface area contributed by atoms with Gasteiger partial charge in [-0.3, -0.25) is 9.69 Å². The molecule has 0 spiro atoms. The van der Waals surface area contributed by atoms with Crippen molar-refractivity contribution in [2.45, 2.75) is 36.8 Å². The van der Waals surface area contributed by atoms with Crippen LogP contribution in [-0.2, 0) is 0 Å². The highest BCUT2D eigenvalue weighted by Gasteiger charge is 2.36. The molecule has 0 aromatic rings. The molecule has 0 N–H and O–H groups in total. The van der Waals surface area contributed by atoms with Crippen LogP contribution in [0.3, 0.4) is 0 Å². The lowest BCUT2D eigenvalue weighted by Crippen LogP contribution is -2.19. The highest BCUT2D eigenvalue weighted by Crippen LogP contribution is 2.26. The first-order chi connectivity index (χ1) is 9.57. The molecular formula is C16H16N4. The Morgan fingerprint density at radius 1 is 1.20 bits per heavy atom. The van der Waals surface area contributed by atoms with Crippen molar-refractivity contribution >= 4 is 0 Å². The van der Waals surface area contributed by atoms with Gasteiger partial charge >= 0.3 is 11.1 Å². The van der Waals surface area contributed by atoms with Crippen molar-refractivity contribution < 1.29 is 0 Å². The molecule has 1 aliphatic carbocycles. The summed E-state index contributed by atoms with van der Waals surface area (Å²) in [6.45, 7) is 20.5. The molecule has 20 heavy (non-hydrogen) atoms. The van der Waals surface area contributed by atoms with Gasteiger partial charge in [-0.05, 0) is 0 Å². The summed E-state index contributed by atoms with van der Waals surface area (Å²) >= 11 is 0. The van der Waals surface area contributed by atoms with Crippen molar-refractivity contribution in [1.29, 1.82) is 10.5 Å². The van der Waals surface area contributed by atoms with Crippen LogP contribution in [0.25, 0.3) is 9.69 Å². The fourth-order valence-electron chi connectivity index (χ4n) is 1.62. The second kappa shape index (κ2) is 8.31. The molecule has 0 bridgehead atoms. The summed E-state index contributed by atoms with van der Waals surface area (Å²) in [6.07, 6.45) is 8.97. The molecule has 0 saturated carbocycles. The number of nitriles is 2. The van der Waals surface area contributed by atoms with E-state index in [2.05, 4.69) is 22.8 Å². The van der Waals surface area contributed by atoms with Gasteiger partial charge in [-0.15, -0.1) is 13.2 Å². The number of nitrogens with zero attached hydrogens (tertiary/aromatic N) is 4. The van der Waals surface area contributed by atoms with Crippen molar-refractivity contribution in [3.63, 3.8) is 0 Å². The molecular weight excluding hydrogens is 248 g/mol. The van der Waals surface area contributed by atoms with Crippen LogP contribution in [0.1, 0.15) is 25.7 Å². The Morgan fingerprint density at radius 3 is 1.90 bits per heavy atom. The first-order valence-electron chi connectivity index (χ1n) is 6.04. The minimum absolute atomic E-state index is 0.402. The van der Waals surface area contributed by atoms with Crippen molar-refractivity contribution in [1.82, 2.24) is 0 Å². The summed E-state index contributed by atoms with van der Waals surface area (Å²) in [5.41, 5.74) is -1.69. The highest BCUT2D eigenvalue weighted by molar-refractivity contribution is 5.25. The third-order valence-corrected chi connectivity index (χ3v) is 2.89. The van der Waals surface area contributed by atoms with E-state index in [4.69, 9.17) is 23.7 Å². The Kier molecular flexibility index (Phi) is 7.14. The van der Waals surface area contributed by atoms with Crippen LogP contribution in [0.2, 0.25) is 0 Å². The lowest BCUT2D eigenvalue weighted by Gasteiger charge is -2.07. The maximum atomic E-state index is 8.68. The van der Waals surface area contributed by atoms with Gasteiger partial charge < -0.3 is 0 Å². The van der Waals surface area contributed by atoms with Crippen LogP contribution in [0.5, 0.6) is 0 Å². The van der Waals surface area contributed by atoms with Gasteiger partial charge in [0.2, 0.25) is 0 Å². The van der Waals surface area contributed by atoms with Crippen LogP contribution in [0.4, 0.5) is 0 Å². The van der Waals surface area contributed by atoms with E-state index >= 15 is 0 Å². The first kappa shape index (κ1) is 17.2. The molecule has 4 heteroatoms. The van der Waals surface area contributed by atoms with E-state index in [9.17, 15) is 0 Å². The van der Waals surface area contributed by atoms with Gasteiger partial charge in [0.25, 0.3) is 0 Å². The third kappa shape index (κ3) is 4.45. The van der Waals surface area contributed by atoms with E-state index in [0.29, 0.717) is 25.7 Å². The Morgan fingerprint density at radius 2 is 1.70 bits per heavy atom. The molecule has 1 rings (SSSR count). The molecule has 0 aromatic heterocycles. The van der Waals surface area contributed by atoms with E-state index < -0.39 is 11.1 Å². The summed E-state index contributed by atoms with van der Waals surface area (Å²) in [5.74, 6) is 0. The zero-order valence-corrected chi connectivity index (χ0v) is 11.3.